The minimum atomic E-state index is -0.347. The van der Waals surface area contributed by atoms with Gasteiger partial charge in [0, 0.05) is 18.9 Å². The Morgan fingerprint density at radius 1 is 1.22 bits per heavy atom. The smallest absolute Gasteiger partial charge is 0.295 e. The number of hydrogen-bond acceptors (Lipinski definition) is 1. The van der Waals surface area contributed by atoms with Crippen LogP contribution in [0, 0.1) is 6.92 Å². The van der Waals surface area contributed by atoms with E-state index in [0.29, 0.717) is 22.7 Å². The zero-order valence-corrected chi connectivity index (χ0v) is 13.4. The van der Waals surface area contributed by atoms with Crippen molar-refractivity contribution in [2.24, 2.45) is 4.99 Å². The second kappa shape index (κ2) is 6.67. The van der Waals surface area contributed by atoms with Gasteiger partial charge in [0.1, 0.15) is 11.2 Å². The van der Waals surface area contributed by atoms with Gasteiger partial charge in [-0.15, -0.1) is 0 Å². The van der Waals surface area contributed by atoms with Gasteiger partial charge in [0.05, 0.1) is 5.02 Å². The molecule has 0 fully saturated rings. The van der Waals surface area contributed by atoms with Crippen molar-refractivity contribution >= 4 is 17.5 Å². The van der Waals surface area contributed by atoms with Gasteiger partial charge in [0.15, 0.2) is 0 Å². The summed E-state index contributed by atoms with van der Waals surface area (Å²) in [4.78, 5) is 19.2. The van der Waals surface area contributed by atoms with Crippen molar-refractivity contribution in [2.75, 3.05) is 0 Å². The lowest BCUT2D eigenvalue weighted by Gasteiger charge is -2.07. The summed E-state index contributed by atoms with van der Waals surface area (Å²) in [5, 5.41) is 0.490. The van der Waals surface area contributed by atoms with Crippen LogP contribution < -0.4 is 5.49 Å². The molecule has 4 nitrogen and oxygen atoms in total. The van der Waals surface area contributed by atoms with Gasteiger partial charge in [-0.3, -0.25) is 4.79 Å². The van der Waals surface area contributed by atoms with E-state index >= 15 is 0 Å². The van der Waals surface area contributed by atoms with Crippen molar-refractivity contribution in [2.45, 2.75) is 13.5 Å². The highest BCUT2D eigenvalue weighted by molar-refractivity contribution is 6.30. The molecule has 0 saturated carbocycles. The number of aromatic nitrogens is 2. The molecule has 0 atom stereocenters. The maximum Gasteiger partial charge on any atom is 0.295 e. The first-order valence-corrected chi connectivity index (χ1v) is 7.63. The summed E-state index contributed by atoms with van der Waals surface area (Å²) in [6.07, 6.45) is 3.48. The molecule has 0 aliphatic heterocycles. The predicted octanol–water partition coefficient (Wildman–Crippen LogP) is 3.57. The van der Waals surface area contributed by atoms with E-state index in [9.17, 15) is 4.79 Å². The molecule has 0 spiro atoms. The zero-order chi connectivity index (χ0) is 16.2. The monoisotopic (exact) mass is 325 g/mol. The van der Waals surface area contributed by atoms with Crippen LogP contribution in [0.1, 0.15) is 21.6 Å². The highest BCUT2D eigenvalue weighted by Crippen LogP contribution is 2.10. The number of aromatic amines is 1. The molecule has 1 aromatic carbocycles. The maximum absolute atomic E-state index is 12.2. The molecule has 23 heavy (non-hydrogen) atoms. The van der Waals surface area contributed by atoms with Gasteiger partial charge in [0.25, 0.3) is 5.91 Å². The molecule has 0 unspecified atom stereocenters. The lowest BCUT2D eigenvalue weighted by molar-refractivity contribution is 0.0993. The van der Waals surface area contributed by atoms with E-state index < -0.39 is 0 Å². The molecule has 0 aliphatic rings. The standard InChI is InChI=1S/C18H16ClN3O/c1-13-5-7-14(8-6-13)12-22-9-3-2-4-17(22)21-18(23)16-10-15(19)11-20-16/h2-11,20H,12H2,1H3. The quantitative estimate of drug-likeness (QED) is 0.786. The molecule has 3 aromatic rings. The molecule has 116 valence electrons. The lowest BCUT2D eigenvalue weighted by Crippen LogP contribution is -2.22. The van der Waals surface area contributed by atoms with Crippen molar-refractivity contribution in [1.29, 1.82) is 0 Å². The van der Waals surface area contributed by atoms with Crippen LogP contribution in [0.4, 0.5) is 0 Å². The summed E-state index contributed by atoms with van der Waals surface area (Å²) >= 11 is 5.83. The number of nitrogens with one attached hydrogen (secondary N) is 1. The summed E-state index contributed by atoms with van der Waals surface area (Å²) in [6, 6.07) is 15.5. The Balaban J connectivity index is 1.92. The molecule has 2 heterocycles. The first kappa shape index (κ1) is 15.3. The summed E-state index contributed by atoms with van der Waals surface area (Å²) in [7, 11) is 0. The molecule has 0 radical (unpaired) electrons. The fourth-order valence-electron chi connectivity index (χ4n) is 2.25. The molecule has 0 aliphatic carbocycles. The summed E-state index contributed by atoms with van der Waals surface area (Å²) in [6.45, 7) is 2.71. The summed E-state index contributed by atoms with van der Waals surface area (Å²) in [5.74, 6) is -0.347. The van der Waals surface area contributed by atoms with E-state index in [1.807, 2.05) is 29.0 Å². The van der Waals surface area contributed by atoms with Gasteiger partial charge in [-0.25, -0.2) is 0 Å². The van der Waals surface area contributed by atoms with E-state index in [2.05, 4.69) is 41.2 Å². The molecule has 1 N–H and O–H groups in total. The predicted molar refractivity (Wildman–Crippen MR) is 90.4 cm³/mol. The van der Waals surface area contributed by atoms with Crippen LogP contribution in [0.2, 0.25) is 5.02 Å². The van der Waals surface area contributed by atoms with E-state index in [0.717, 1.165) is 5.56 Å². The van der Waals surface area contributed by atoms with Crippen LogP contribution in [0.3, 0.4) is 0 Å². The third-order valence-corrected chi connectivity index (χ3v) is 3.70. The highest BCUT2D eigenvalue weighted by Gasteiger charge is 2.06. The Morgan fingerprint density at radius 2 is 2.00 bits per heavy atom. The molecule has 1 amide bonds. The van der Waals surface area contributed by atoms with Gasteiger partial charge >= 0.3 is 0 Å². The normalized spacial score (nSPS) is 11.7. The van der Waals surface area contributed by atoms with Crippen LogP contribution in [-0.2, 0) is 6.54 Å². The number of hydrogen-bond donors (Lipinski definition) is 1. The van der Waals surface area contributed by atoms with Gasteiger partial charge in [0.2, 0.25) is 0 Å². The maximum atomic E-state index is 12.2. The van der Waals surface area contributed by atoms with Gasteiger partial charge in [-0.05, 0) is 30.7 Å². The van der Waals surface area contributed by atoms with Crippen molar-refractivity contribution in [3.05, 3.63) is 88.3 Å². The average molecular weight is 326 g/mol. The van der Waals surface area contributed by atoms with Gasteiger partial charge < -0.3 is 9.55 Å². The number of halogens is 1. The Labute approximate surface area is 139 Å². The summed E-state index contributed by atoms with van der Waals surface area (Å²) < 4.78 is 1.94. The third kappa shape index (κ3) is 3.79. The van der Waals surface area contributed by atoms with Gasteiger partial charge in [-0.2, -0.15) is 4.99 Å². The SMILES string of the molecule is Cc1ccc(Cn2ccccc2=NC(=O)c2cc(Cl)c[nH]2)cc1. The molecule has 2 aromatic heterocycles. The molecular formula is C18H16ClN3O. The molecule has 3 rings (SSSR count). The van der Waals surface area contributed by atoms with Crippen LogP contribution in [-0.4, -0.2) is 15.5 Å². The number of carbonyl (C=O) groups is 1. The zero-order valence-electron chi connectivity index (χ0n) is 12.7. The number of nitrogens with zero attached hydrogens (tertiary/aromatic N) is 2. The first-order valence-electron chi connectivity index (χ1n) is 7.26. The van der Waals surface area contributed by atoms with Crippen LogP contribution >= 0.6 is 11.6 Å². The number of benzene rings is 1. The third-order valence-electron chi connectivity index (χ3n) is 3.48. The first-order chi connectivity index (χ1) is 11.1. The van der Waals surface area contributed by atoms with Crippen molar-refractivity contribution in [3.8, 4) is 0 Å². The van der Waals surface area contributed by atoms with Crippen LogP contribution in [0.15, 0.2) is 65.9 Å². The fraction of sp³-hybridized carbons (Fsp3) is 0.111. The Hall–Kier alpha value is -2.59. The van der Waals surface area contributed by atoms with E-state index in [1.165, 1.54) is 5.56 Å². The van der Waals surface area contributed by atoms with Crippen molar-refractivity contribution < 1.29 is 4.79 Å². The van der Waals surface area contributed by atoms with E-state index in [4.69, 9.17) is 11.6 Å². The van der Waals surface area contributed by atoms with E-state index in [-0.39, 0.29) is 5.91 Å². The highest BCUT2D eigenvalue weighted by atomic mass is 35.5. The second-order valence-corrected chi connectivity index (χ2v) is 5.76. The summed E-state index contributed by atoms with van der Waals surface area (Å²) in [5.41, 5.74) is 3.35. The number of rotatable bonds is 3. The van der Waals surface area contributed by atoms with Crippen molar-refractivity contribution in [3.63, 3.8) is 0 Å². The molecular weight excluding hydrogens is 310 g/mol. The number of amides is 1. The van der Waals surface area contributed by atoms with E-state index in [1.54, 1.807) is 12.3 Å². The number of H-pyrrole nitrogens is 1. The number of aryl methyl sites for hydroxylation is 1. The Morgan fingerprint density at radius 3 is 2.70 bits per heavy atom. The molecule has 0 bridgehead atoms. The topological polar surface area (TPSA) is 50.1 Å². The average Bonchev–Trinajstić information content (AvgIpc) is 2.98. The van der Waals surface area contributed by atoms with Crippen LogP contribution in [0.25, 0.3) is 0 Å². The lowest BCUT2D eigenvalue weighted by atomic mass is 10.1. The van der Waals surface area contributed by atoms with Crippen LogP contribution in [0.5, 0.6) is 0 Å². The number of pyridine rings is 1. The Bertz CT molecular complexity index is 891. The number of carbonyl (C=O) groups excluding carboxylic acids is 1. The minimum Gasteiger partial charge on any atom is -0.356 e. The largest absolute Gasteiger partial charge is 0.356 e. The molecule has 0 saturated heterocycles. The Kier molecular flexibility index (Phi) is 4.44. The van der Waals surface area contributed by atoms with Gasteiger partial charge in [-0.1, -0.05) is 47.5 Å². The molecule has 5 heteroatoms. The second-order valence-electron chi connectivity index (χ2n) is 5.32. The minimum absolute atomic E-state index is 0.347. The van der Waals surface area contributed by atoms with Crippen molar-refractivity contribution in [1.82, 2.24) is 9.55 Å². The fourth-order valence-corrected chi connectivity index (χ4v) is 2.41.